The Bertz CT molecular complexity index is 378. The molecule has 0 amide bonds. The van der Waals surface area contributed by atoms with Gasteiger partial charge in [0.25, 0.3) is 0 Å². The van der Waals surface area contributed by atoms with Crippen molar-refractivity contribution in [2.75, 3.05) is 0 Å². The molecule has 0 atom stereocenters. The van der Waals surface area contributed by atoms with Crippen LogP contribution < -0.4 is 0 Å². The van der Waals surface area contributed by atoms with Crippen LogP contribution in [0.15, 0.2) is 24.3 Å². The first-order valence-electron chi connectivity index (χ1n) is 3.00. The number of aromatic carboxylic acids is 1. The van der Waals surface area contributed by atoms with Crippen molar-refractivity contribution in [1.29, 1.82) is 0 Å². The summed E-state index contributed by atoms with van der Waals surface area (Å²) in [5.41, 5.74) is -0.146. The maximum Gasteiger partial charge on any atom is 0.341 e. The average molecular weight is 319 g/mol. The Morgan fingerprint density at radius 2 is 1.77 bits per heavy atom. The first-order chi connectivity index (χ1) is 5.63. The van der Waals surface area contributed by atoms with Crippen molar-refractivity contribution in [3.8, 4) is 0 Å². The second-order valence-corrected chi connectivity index (χ2v) is 4.40. The van der Waals surface area contributed by atoms with E-state index in [0.29, 0.717) is 0 Å². The molecule has 0 aliphatic carbocycles. The van der Waals surface area contributed by atoms with Crippen molar-refractivity contribution in [3.63, 3.8) is 0 Å². The fourth-order valence-electron chi connectivity index (χ4n) is 0.769. The van der Waals surface area contributed by atoms with Crippen LogP contribution in [-0.4, -0.2) is 62.5 Å². The van der Waals surface area contributed by atoms with E-state index in [1.165, 1.54) is 24.3 Å². The third-order valence-corrected chi connectivity index (χ3v) is 3.16. The van der Waals surface area contributed by atoms with E-state index in [4.69, 9.17) is 5.11 Å². The van der Waals surface area contributed by atoms with E-state index in [-0.39, 0.29) is 60.5 Å². The second kappa shape index (κ2) is 6.20. The van der Waals surface area contributed by atoms with Crippen LogP contribution in [-0.2, 0) is 6.14 Å². The maximum absolute atomic E-state index is 10.6. The van der Waals surface area contributed by atoms with Crippen LogP contribution in [0.25, 0.3) is 0 Å². The number of carbonyl (C=O) groups is 1. The molecule has 4 nitrogen and oxygen atoms in total. The SMILES string of the molecule is O=C(O)c1ccccc1I(=O)=O.[K]. The van der Waals surface area contributed by atoms with Gasteiger partial charge in [0.1, 0.15) is 0 Å². The van der Waals surface area contributed by atoms with Gasteiger partial charge in [-0.15, -0.1) is 0 Å². The van der Waals surface area contributed by atoms with Crippen LogP contribution in [0.5, 0.6) is 0 Å². The molecule has 1 N–H and O–H groups in total. The fourth-order valence-corrected chi connectivity index (χ4v) is 2.16. The molecule has 1 aromatic carbocycles. The zero-order valence-electron chi connectivity index (χ0n) is 6.86. The molecule has 1 rings (SSSR count). The summed E-state index contributed by atoms with van der Waals surface area (Å²) in [5, 5.41) is 8.56. The number of halogens is 1. The van der Waals surface area contributed by atoms with Gasteiger partial charge >= 0.3 is 25.8 Å². The van der Waals surface area contributed by atoms with Gasteiger partial charge in [-0.05, 0) is 12.1 Å². The molecule has 0 aliphatic rings. The smallest absolute Gasteiger partial charge is 0.341 e. The molecule has 0 bridgehead atoms. The van der Waals surface area contributed by atoms with Gasteiger partial charge in [-0.1, -0.05) is 12.1 Å². The molecule has 0 fully saturated rings. The summed E-state index contributed by atoms with van der Waals surface area (Å²) < 4.78 is 21.1. The van der Waals surface area contributed by atoms with Crippen molar-refractivity contribution in [3.05, 3.63) is 33.4 Å². The Kier molecular flexibility index (Phi) is 6.51. The van der Waals surface area contributed by atoms with Crippen LogP contribution in [0.1, 0.15) is 10.4 Å². The molecule has 1 aromatic rings. The summed E-state index contributed by atoms with van der Waals surface area (Å²) in [7, 11) is 0. The summed E-state index contributed by atoms with van der Waals surface area (Å²) >= 11 is -3.67. The van der Waals surface area contributed by atoms with E-state index < -0.39 is 25.8 Å². The number of hydrogen-bond acceptors (Lipinski definition) is 3. The summed E-state index contributed by atoms with van der Waals surface area (Å²) in [4.78, 5) is 10.5. The van der Waals surface area contributed by atoms with Gasteiger partial charge in [-0.25, -0.2) is 10.9 Å². The zero-order chi connectivity index (χ0) is 9.14. The van der Waals surface area contributed by atoms with E-state index in [0.717, 1.165) is 0 Å². The van der Waals surface area contributed by atoms with E-state index in [1.807, 2.05) is 0 Å². The predicted molar refractivity (Wildman–Crippen MR) is 53.2 cm³/mol. The summed E-state index contributed by atoms with van der Waals surface area (Å²) in [5.74, 6) is -1.21. The van der Waals surface area contributed by atoms with E-state index in [1.54, 1.807) is 0 Å². The summed E-state index contributed by atoms with van der Waals surface area (Å²) in [6, 6.07) is 5.57. The molecule has 0 heterocycles. The molecule has 0 spiro atoms. The molecule has 6 heteroatoms. The minimum absolute atomic E-state index is 0. The van der Waals surface area contributed by atoms with Crippen LogP contribution in [0.3, 0.4) is 0 Å². The number of benzene rings is 1. The molecule has 0 aromatic heterocycles. The van der Waals surface area contributed by atoms with Gasteiger partial charge in [0.15, 0.2) is 0 Å². The van der Waals surface area contributed by atoms with Crippen molar-refractivity contribution in [1.82, 2.24) is 0 Å². The Balaban J connectivity index is 0.00000144. The number of hydrogen-bond donors (Lipinski definition) is 1. The van der Waals surface area contributed by atoms with Crippen LogP contribution in [0.4, 0.5) is 0 Å². The van der Waals surface area contributed by atoms with Crippen LogP contribution >= 0.6 is 19.8 Å². The molecule has 1 radical (unpaired) electrons. The first-order valence-corrected chi connectivity index (χ1v) is 5.84. The van der Waals surface area contributed by atoms with Gasteiger partial charge < -0.3 is 5.11 Å². The van der Waals surface area contributed by atoms with Crippen LogP contribution in [0.2, 0.25) is 0 Å². The Hall–Kier alpha value is 0.656. The molecular weight excluding hydrogens is 314 g/mol. The standard InChI is InChI=1S/C7H5IO4.K/c9-7(10)5-3-1-2-4-6(5)8(11)12;/h1-4H,(H,9,10);. The molecule has 13 heavy (non-hydrogen) atoms. The van der Waals surface area contributed by atoms with E-state index in [9.17, 15) is 10.9 Å². The predicted octanol–water partition coefficient (Wildman–Crippen LogP) is 1.37. The minimum atomic E-state index is -3.67. The molecular formula is C7H5IKO4. The largest absolute Gasteiger partial charge is 0.478 e. The molecule has 0 aliphatic heterocycles. The normalized spacial score (nSPS) is 9.31. The second-order valence-electron chi connectivity index (χ2n) is 2.00. The third kappa shape index (κ3) is 3.72. The number of rotatable bonds is 2. The monoisotopic (exact) mass is 319 g/mol. The first kappa shape index (κ1) is 13.7. The Morgan fingerprint density at radius 3 is 2.15 bits per heavy atom. The number of carboxylic acid groups (broad SMARTS) is 1. The topological polar surface area (TPSA) is 71.4 Å². The summed E-state index contributed by atoms with van der Waals surface area (Å²) in [6.07, 6.45) is 0. The van der Waals surface area contributed by atoms with Crippen LogP contribution in [0, 0.1) is 3.57 Å². The zero-order valence-corrected chi connectivity index (χ0v) is 12.1. The van der Waals surface area contributed by atoms with Crippen molar-refractivity contribution < 1.29 is 16.0 Å². The van der Waals surface area contributed by atoms with E-state index >= 15 is 0 Å². The van der Waals surface area contributed by atoms with Crippen molar-refractivity contribution >= 4 is 77.1 Å². The van der Waals surface area contributed by atoms with Gasteiger partial charge in [-0.3, -0.25) is 0 Å². The van der Waals surface area contributed by atoms with Crippen molar-refractivity contribution in [2.45, 2.75) is 0 Å². The van der Waals surface area contributed by atoms with Gasteiger partial charge in [0, 0.05) is 51.4 Å². The van der Waals surface area contributed by atoms with E-state index in [2.05, 4.69) is 0 Å². The Labute approximate surface area is 124 Å². The Morgan fingerprint density at radius 1 is 1.23 bits per heavy atom. The maximum atomic E-state index is 10.6. The van der Waals surface area contributed by atoms with Gasteiger partial charge in [0.05, 0.1) is 9.13 Å². The molecule has 0 saturated heterocycles. The molecule has 0 saturated carbocycles. The molecule has 65 valence electrons. The molecule has 0 unspecified atom stereocenters. The quantitative estimate of drug-likeness (QED) is 0.660. The van der Waals surface area contributed by atoms with Crippen molar-refractivity contribution in [2.24, 2.45) is 0 Å². The van der Waals surface area contributed by atoms with Gasteiger partial charge in [-0.2, -0.15) is 0 Å². The minimum Gasteiger partial charge on any atom is -0.478 e. The average Bonchev–Trinajstić information content (AvgIpc) is 2.04. The third-order valence-electron chi connectivity index (χ3n) is 1.27. The van der Waals surface area contributed by atoms with Gasteiger partial charge in [0.2, 0.25) is 0 Å². The number of carboxylic acids is 1. The fraction of sp³-hybridized carbons (Fsp3) is 0. The summed E-state index contributed by atoms with van der Waals surface area (Å²) in [6.45, 7) is 0.